The summed E-state index contributed by atoms with van der Waals surface area (Å²) in [5.74, 6) is -0.630. The highest BCUT2D eigenvalue weighted by Gasteiger charge is 2.12. The van der Waals surface area contributed by atoms with E-state index in [1.807, 2.05) is 4.72 Å². The lowest BCUT2D eigenvalue weighted by Crippen LogP contribution is -2.42. The molecular formula is C6H14N2O4S. The van der Waals surface area contributed by atoms with Crippen molar-refractivity contribution < 1.29 is 17.9 Å². The van der Waals surface area contributed by atoms with E-state index < -0.39 is 16.2 Å². The van der Waals surface area contributed by atoms with E-state index in [0.717, 1.165) is 0 Å². The second-order valence-electron chi connectivity index (χ2n) is 2.67. The Labute approximate surface area is 77.8 Å². The van der Waals surface area contributed by atoms with E-state index in [1.54, 1.807) is 13.8 Å². The molecule has 0 aromatic carbocycles. The van der Waals surface area contributed by atoms with Crippen LogP contribution in [-0.4, -0.2) is 34.1 Å². The van der Waals surface area contributed by atoms with Gasteiger partial charge in [-0.25, -0.2) is 0 Å². The Morgan fingerprint density at radius 3 is 2.38 bits per heavy atom. The molecule has 0 aromatic heterocycles. The number of ether oxygens (including phenoxy) is 1. The van der Waals surface area contributed by atoms with Crippen molar-refractivity contribution >= 4 is 16.2 Å². The second kappa shape index (κ2) is 5.15. The molecule has 0 saturated carbocycles. The zero-order valence-electron chi connectivity index (χ0n) is 7.83. The van der Waals surface area contributed by atoms with Crippen molar-refractivity contribution in [3.05, 3.63) is 0 Å². The highest BCUT2D eigenvalue weighted by atomic mass is 32.2. The van der Waals surface area contributed by atoms with Crippen molar-refractivity contribution in [1.29, 1.82) is 0 Å². The fourth-order valence-electron chi connectivity index (χ4n) is 0.578. The molecule has 0 heterocycles. The standard InChI is InChI=1S/C6H14N2O4S/c1-5(2)8-13(10,11)7-4-6(9)12-3/h5,7-8H,4H2,1-3H3. The first-order chi connectivity index (χ1) is 5.87. The van der Waals surface area contributed by atoms with Crippen molar-refractivity contribution in [3.8, 4) is 0 Å². The van der Waals surface area contributed by atoms with Crippen LogP contribution in [0.3, 0.4) is 0 Å². The molecule has 0 aliphatic carbocycles. The van der Waals surface area contributed by atoms with E-state index in [2.05, 4.69) is 9.46 Å². The van der Waals surface area contributed by atoms with E-state index >= 15 is 0 Å². The maximum atomic E-state index is 11.0. The van der Waals surface area contributed by atoms with Gasteiger partial charge in [0, 0.05) is 6.04 Å². The van der Waals surface area contributed by atoms with Crippen molar-refractivity contribution in [1.82, 2.24) is 9.44 Å². The molecule has 0 aliphatic rings. The molecule has 13 heavy (non-hydrogen) atoms. The van der Waals surface area contributed by atoms with Crippen LogP contribution in [-0.2, 0) is 19.7 Å². The molecule has 7 heteroatoms. The van der Waals surface area contributed by atoms with Gasteiger partial charge in [0.25, 0.3) is 10.2 Å². The van der Waals surface area contributed by atoms with E-state index in [9.17, 15) is 13.2 Å². The zero-order valence-corrected chi connectivity index (χ0v) is 8.64. The molecule has 0 fully saturated rings. The summed E-state index contributed by atoms with van der Waals surface area (Å²) in [4.78, 5) is 10.6. The minimum atomic E-state index is -3.59. The summed E-state index contributed by atoms with van der Waals surface area (Å²) in [6.07, 6.45) is 0. The first-order valence-corrected chi connectivity index (χ1v) is 5.19. The molecule has 2 N–H and O–H groups in total. The number of esters is 1. The summed E-state index contributed by atoms with van der Waals surface area (Å²) in [5.41, 5.74) is 0. The van der Waals surface area contributed by atoms with Crippen molar-refractivity contribution in [3.63, 3.8) is 0 Å². The third-order valence-corrected chi connectivity index (χ3v) is 2.33. The molecule has 0 aliphatic heterocycles. The van der Waals surface area contributed by atoms with E-state index in [1.165, 1.54) is 7.11 Å². The van der Waals surface area contributed by atoms with Crippen LogP contribution in [0.25, 0.3) is 0 Å². The summed E-state index contributed by atoms with van der Waals surface area (Å²) in [6, 6.07) is -0.213. The Hall–Kier alpha value is -0.660. The van der Waals surface area contributed by atoms with Crippen molar-refractivity contribution in [2.75, 3.05) is 13.7 Å². The highest BCUT2D eigenvalue weighted by molar-refractivity contribution is 7.87. The molecule has 78 valence electrons. The summed E-state index contributed by atoms with van der Waals surface area (Å²) < 4.78 is 30.6. The smallest absolute Gasteiger partial charge is 0.320 e. The van der Waals surface area contributed by atoms with Gasteiger partial charge in [-0.3, -0.25) is 4.79 Å². The van der Waals surface area contributed by atoms with Gasteiger partial charge in [0.05, 0.1) is 7.11 Å². The van der Waals surface area contributed by atoms with Gasteiger partial charge < -0.3 is 4.74 Å². The fourth-order valence-corrected chi connectivity index (χ4v) is 1.59. The van der Waals surface area contributed by atoms with Gasteiger partial charge in [-0.05, 0) is 13.8 Å². The van der Waals surface area contributed by atoms with Crippen LogP contribution in [0.2, 0.25) is 0 Å². The lowest BCUT2D eigenvalue weighted by Gasteiger charge is -2.09. The molecule has 0 bridgehead atoms. The Morgan fingerprint density at radius 2 is 2.00 bits per heavy atom. The number of nitrogens with one attached hydrogen (secondary N) is 2. The first kappa shape index (κ1) is 12.3. The highest BCUT2D eigenvalue weighted by Crippen LogP contribution is 1.83. The minimum absolute atomic E-state index is 0.213. The summed E-state index contributed by atoms with van der Waals surface area (Å²) >= 11 is 0. The molecule has 0 rings (SSSR count). The molecule has 0 spiro atoms. The van der Waals surface area contributed by atoms with Crippen LogP contribution in [0.5, 0.6) is 0 Å². The molecule has 0 amide bonds. The third kappa shape index (κ3) is 6.50. The monoisotopic (exact) mass is 210 g/mol. The first-order valence-electron chi connectivity index (χ1n) is 3.71. The van der Waals surface area contributed by atoms with Gasteiger partial charge in [-0.1, -0.05) is 0 Å². The van der Waals surface area contributed by atoms with Gasteiger partial charge in [-0.2, -0.15) is 17.9 Å². The van der Waals surface area contributed by atoms with Gasteiger partial charge in [0.2, 0.25) is 0 Å². The van der Waals surface area contributed by atoms with Crippen LogP contribution in [0, 0.1) is 0 Å². The number of carbonyl (C=O) groups excluding carboxylic acids is 1. The predicted molar refractivity (Wildman–Crippen MR) is 47.2 cm³/mol. The van der Waals surface area contributed by atoms with Crippen molar-refractivity contribution in [2.45, 2.75) is 19.9 Å². The quantitative estimate of drug-likeness (QED) is 0.569. The van der Waals surface area contributed by atoms with Crippen LogP contribution < -0.4 is 9.44 Å². The lowest BCUT2D eigenvalue weighted by molar-refractivity contribution is -0.139. The van der Waals surface area contributed by atoms with Gasteiger partial charge in [0.1, 0.15) is 6.54 Å². The number of hydrogen-bond donors (Lipinski definition) is 2. The Morgan fingerprint density at radius 1 is 1.46 bits per heavy atom. The SMILES string of the molecule is COC(=O)CNS(=O)(=O)NC(C)C. The molecular weight excluding hydrogens is 196 g/mol. The Bertz CT molecular complexity index is 260. The second-order valence-corrected chi connectivity index (χ2v) is 4.20. The van der Waals surface area contributed by atoms with Crippen LogP contribution in [0.4, 0.5) is 0 Å². The van der Waals surface area contributed by atoms with E-state index in [4.69, 9.17) is 0 Å². The summed E-state index contributed by atoms with van der Waals surface area (Å²) in [5, 5.41) is 0. The van der Waals surface area contributed by atoms with Crippen LogP contribution >= 0.6 is 0 Å². The average Bonchev–Trinajstić information content (AvgIpc) is 1.98. The molecule has 0 aromatic rings. The lowest BCUT2D eigenvalue weighted by atomic mass is 10.4. The molecule has 0 saturated heterocycles. The number of hydrogen-bond acceptors (Lipinski definition) is 4. The molecule has 0 unspecified atom stereocenters. The maximum absolute atomic E-state index is 11.0. The average molecular weight is 210 g/mol. The molecule has 6 nitrogen and oxygen atoms in total. The third-order valence-electron chi connectivity index (χ3n) is 1.03. The van der Waals surface area contributed by atoms with Gasteiger partial charge >= 0.3 is 5.97 Å². The van der Waals surface area contributed by atoms with Gasteiger partial charge in [0.15, 0.2) is 0 Å². The van der Waals surface area contributed by atoms with Crippen LogP contribution in [0.15, 0.2) is 0 Å². The van der Waals surface area contributed by atoms with Crippen molar-refractivity contribution in [2.24, 2.45) is 0 Å². The largest absolute Gasteiger partial charge is 0.468 e. The maximum Gasteiger partial charge on any atom is 0.320 e. The molecule has 0 atom stereocenters. The van der Waals surface area contributed by atoms with E-state index in [-0.39, 0.29) is 12.6 Å². The summed E-state index contributed by atoms with van der Waals surface area (Å²) in [7, 11) is -2.40. The predicted octanol–water partition coefficient (Wildman–Crippen LogP) is -1.01. The van der Waals surface area contributed by atoms with Crippen LogP contribution in [0.1, 0.15) is 13.8 Å². The number of carbonyl (C=O) groups is 1. The Kier molecular flexibility index (Phi) is 4.89. The minimum Gasteiger partial charge on any atom is -0.468 e. The number of rotatable bonds is 5. The molecule has 0 radical (unpaired) electrons. The van der Waals surface area contributed by atoms with E-state index in [0.29, 0.717) is 0 Å². The fraction of sp³-hybridized carbons (Fsp3) is 0.833. The normalized spacial score (nSPS) is 11.7. The zero-order chi connectivity index (χ0) is 10.5. The summed E-state index contributed by atoms with van der Waals surface area (Å²) in [6.45, 7) is 2.99. The van der Waals surface area contributed by atoms with Gasteiger partial charge in [-0.15, -0.1) is 0 Å². The number of methoxy groups -OCH3 is 1. The topological polar surface area (TPSA) is 84.5 Å². The Balaban J connectivity index is 3.97.